The quantitative estimate of drug-likeness (QED) is 0.141. The molecule has 0 fully saturated rings. The summed E-state index contributed by atoms with van der Waals surface area (Å²) in [7, 11) is 0. The van der Waals surface area contributed by atoms with Gasteiger partial charge in [0.05, 0.1) is 0 Å². The Labute approximate surface area is 369 Å². The van der Waals surface area contributed by atoms with Crippen molar-refractivity contribution in [2.75, 3.05) is 4.90 Å². The van der Waals surface area contributed by atoms with Crippen molar-refractivity contribution >= 4 is 38.6 Å². The third kappa shape index (κ3) is 7.47. The topological polar surface area (TPSA) is 3.24 Å². The van der Waals surface area contributed by atoms with Gasteiger partial charge >= 0.3 is 0 Å². The molecule has 0 saturated carbocycles. The first-order valence-electron chi connectivity index (χ1n) is 21.7. The molecular weight excluding hydrogens is 759 g/mol. The van der Waals surface area contributed by atoms with Crippen molar-refractivity contribution in [3.8, 4) is 66.8 Å². The molecular formula is C62H43N. The van der Waals surface area contributed by atoms with Gasteiger partial charge in [-0.1, -0.05) is 206 Å². The third-order valence-electron chi connectivity index (χ3n) is 12.2. The van der Waals surface area contributed by atoms with Crippen molar-refractivity contribution in [3.63, 3.8) is 0 Å². The largest absolute Gasteiger partial charge is 0.310 e. The van der Waals surface area contributed by atoms with Gasteiger partial charge in [0.1, 0.15) is 0 Å². The summed E-state index contributed by atoms with van der Waals surface area (Å²) in [5, 5.41) is 4.98. The van der Waals surface area contributed by atoms with E-state index in [0.29, 0.717) is 0 Å². The van der Waals surface area contributed by atoms with E-state index in [4.69, 9.17) is 0 Å². The highest BCUT2D eigenvalue weighted by Gasteiger charge is 2.20. The number of rotatable bonds is 9. The zero-order valence-electron chi connectivity index (χ0n) is 34.8. The van der Waals surface area contributed by atoms with E-state index in [2.05, 4.69) is 266 Å². The van der Waals surface area contributed by atoms with Crippen LogP contribution in [-0.4, -0.2) is 0 Å². The monoisotopic (exact) mass is 801 g/mol. The molecule has 0 heterocycles. The predicted molar refractivity (Wildman–Crippen MR) is 269 cm³/mol. The van der Waals surface area contributed by atoms with Gasteiger partial charge in [-0.2, -0.15) is 0 Å². The van der Waals surface area contributed by atoms with Crippen molar-refractivity contribution in [1.82, 2.24) is 0 Å². The van der Waals surface area contributed by atoms with Gasteiger partial charge in [-0.05, 0) is 143 Å². The van der Waals surface area contributed by atoms with Crippen molar-refractivity contribution in [2.24, 2.45) is 0 Å². The van der Waals surface area contributed by atoms with Gasteiger partial charge < -0.3 is 4.90 Å². The molecule has 296 valence electrons. The Morgan fingerprint density at radius 1 is 0.206 bits per heavy atom. The number of hydrogen-bond donors (Lipinski definition) is 0. The fraction of sp³-hybridized carbons (Fsp3) is 0. The lowest BCUT2D eigenvalue weighted by Gasteiger charge is -2.27. The molecule has 11 aromatic rings. The number of nitrogens with zero attached hydrogens (tertiary/aromatic N) is 1. The summed E-state index contributed by atoms with van der Waals surface area (Å²) in [6, 6.07) is 94.8. The molecule has 0 spiro atoms. The number of anilines is 3. The second kappa shape index (κ2) is 16.7. The number of benzene rings is 11. The smallest absolute Gasteiger partial charge is 0.0467 e. The molecule has 0 bridgehead atoms. The third-order valence-corrected chi connectivity index (χ3v) is 12.2. The average Bonchev–Trinajstić information content (AvgIpc) is 3.37. The zero-order chi connectivity index (χ0) is 42.0. The Morgan fingerprint density at radius 3 is 1.32 bits per heavy atom. The summed E-state index contributed by atoms with van der Waals surface area (Å²) < 4.78 is 0. The molecule has 1 heteroatoms. The molecule has 0 N–H and O–H groups in total. The lowest BCUT2D eigenvalue weighted by Crippen LogP contribution is -2.10. The van der Waals surface area contributed by atoms with Crippen LogP contribution in [0.5, 0.6) is 0 Å². The Morgan fingerprint density at radius 2 is 0.667 bits per heavy atom. The molecule has 0 amide bonds. The van der Waals surface area contributed by atoms with Crippen molar-refractivity contribution in [2.45, 2.75) is 0 Å². The van der Waals surface area contributed by atoms with Crippen LogP contribution in [0.1, 0.15) is 0 Å². The van der Waals surface area contributed by atoms with Crippen LogP contribution in [0, 0.1) is 0 Å². The van der Waals surface area contributed by atoms with Gasteiger partial charge in [-0.25, -0.2) is 0 Å². The van der Waals surface area contributed by atoms with E-state index in [-0.39, 0.29) is 0 Å². The molecule has 0 atom stereocenters. The highest BCUT2D eigenvalue weighted by Crippen LogP contribution is 2.46. The molecule has 0 radical (unpaired) electrons. The maximum absolute atomic E-state index is 2.39. The van der Waals surface area contributed by atoms with Gasteiger partial charge in [-0.15, -0.1) is 0 Å². The first kappa shape index (κ1) is 37.7. The minimum absolute atomic E-state index is 1.08. The van der Waals surface area contributed by atoms with Gasteiger partial charge in [-0.3, -0.25) is 0 Å². The lowest BCUT2D eigenvalue weighted by molar-refractivity contribution is 1.28. The Bertz CT molecular complexity index is 3290. The van der Waals surface area contributed by atoms with Crippen LogP contribution in [-0.2, 0) is 0 Å². The highest BCUT2D eigenvalue weighted by molar-refractivity contribution is 6.00. The molecule has 0 saturated heterocycles. The summed E-state index contributed by atoms with van der Waals surface area (Å²) in [6.45, 7) is 0. The Balaban J connectivity index is 1.08. The Kier molecular flexibility index (Phi) is 9.97. The maximum atomic E-state index is 2.39. The van der Waals surface area contributed by atoms with Crippen molar-refractivity contribution < 1.29 is 0 Å². The molecule has 0 aliphatic carbocycles. The van der Waals surface area contributed by atoms with E-state index in [1.807, 2.05) is 0 Å². The standard InChI is InChI=1S/C62H43N/c1-4-16-44(17-5-1)54-42-60(48-19-6-2-7-20-48)62(61(43-54)49-21-8-3-9-22-49)53-26-14-27-57(41-53)63(55-36-32-46(33-37-55)52-31-30-45-18-10-11-24-51(45)40-52)56-38-34-50(35-39-56)59-29-15-25-47-23-12-13-28-58(47)59/h1-43H. The zero-order valence-corrected chi connectivity index (χ0v) is 34.8. The minimum atomic E-state index is 1.08. The molecule has 0 aliphatic heterocycles. The van der Waals surface area contributed by atoms with Gasteiger partial charge in [0.2, 0.25) is 0 Å². The van der Waals surface area contributed by atoms with Crippen LogP contribution in [0.4, 0.5) is 17.1 Å². The second-order valence-electron chi connectivity index (χ2n) is 16.1. The molecule has 0 unspecified atom stereocenters. The molecule has 11 rings (SSSR count). The Hall–Kier alpha value is -8.26. The van der Waals surface area contributed by atoms with Crippen LogP contribution >= 0.6 is 0 Å². The fourth-order valence-electron chi connectivity index (χ4n) is 9.13. The summed E-state index contributed by atoms with van der Waals surface area (Å²) in [6.07, 6.45) is 0. The van der Waals surface area contributed by atoms with Crippen LogP contribution < -0.4 is 4.90 Å². The van der Waals surface area contributed by atoms with E-state index < -0.39 is 0 Å². The van der Waals surface area contributed by atoms with Gasteiger partial charge in [0, 0.05) is 17.1 Å². The summed E-state index contributed by atoms with van der Waals surface area (Å²) in [4.78, 5) is 2.39. The van der Waals surface area contributed by atoms with Crippen LogP contribution in [0.25, 0.3) is 88.3 Å². The van der Waals surface area contributed by atoms with Crippen molar-refractivity contribution in [1.29, 1.82) is 0 Å². The summed E-state index contributed by atoms with van der Waals surface area (Å²) >= 11 is 0. The second-order valence-corrected chi connectivity index (χ2v) is 16.1. The van der Waals surface area contributed by atoms with Gasteiger partial charge in [0.25, 0.3) is 0 Å². The highest BCUT2D eigenvalue weighted by atomic mass is 15.1. The lowest BCUT2D eigenvalue weighted by atomic mass is 9.84. The fourth-order valence-corrected chi connectivity index (χ4v) is 9.13. The maximum Gasteiger partial charge on any atom is 0.0467 e. The molecule has 1 nitrogen and oxygen atoms in total. The first-order valence-corrected chi connectivity index (χ1v) is 21.7. The van der Waals surface area contributed by atoms with Gasteiger partial charge in [0.15, 0.2) is 0 Å². The SMILES string of the molecule is c1ccc(-c2cc(-c3ccccc3)c(-c3cccc(N(c4ccc(-c5ccc6ccccc6c5)cc4)c4ccc(-c5cccc6ccccc56)cc4)c3)c(-c3ccccc3)c2)cc1. The molecule has 11 aromatic carbocycles. The average molecular weight is 802 g/mol. The van der Waals surface area contributed by atoms with E-state index in [9.17, 15) is 0 Å². The number of hydrogen-bond acceptors (Lipinski definition) is 1. The summed E-state index contributed by atoms with van der Waals surface area (Å²) in [5.41, 5.74) is 17.5. The van der Waals surface area contributed by atoms with E-state index in [1.165, 1.54) is 82.7 Å². The first-order chi connectivity index (χ1) is 31.2. The van der Waals surface area contributed by atoms with E-state index >= 15 is 0 Å². The molecule has 0 aliphatic rings. The van der Waals surface area contributed by atoms with Crippen LogP contribution in [0.15, 0.2) is 261 Å². The van der Waals surface area contributed by atoms with E-state index in [1.54, 1.807) is 0 Å². The van der Waals surface area contributed by atoms with Crippen molar-refractivity contribution in [3.05, 3.63) is 261 Å². The normalized spacial score (nSPS) is 11.2. The predicted octanol–water partition coefficient (Wildman–Crippen LogP) is 17.5. The molecule has 63 heavy (non-hydrogen) atoms. The minimum Gasteiger partial charge on any atom is -0.310 e. The van der Waals surface area contributed by atoms with Crippen LogP contribution in [0.2, 0.25) is 0 Å². The molecule has 0 aromatic heterocycles. The van der Waals surface area contributed by atoms with E-state index in [0.717, 1.165) is 22.6 Å². The summed E-state index contributed by atoms with van der Waals surface area (Å²) in [5.74, 6) is 0. The van der Waals surface area contributed by atoms with Crippen LogP contribution in [0.3, 0.4) is 0 Å². The number of fused-ring (bicyclic) bond motifs is 2.